The number of aliphatic hydroxyl groups is 1. The Morgan fingerprint density at radius 2 is 2.11 bits per heavy atom. The van der Waals surface area contributed by atoms with Crippen molar-refractivity contribution in [3.8, 4) is 0 Å². The molecule has 9 heavy (non-hydrogen) atoms. The predicted molar refractivity (Wildman–Crippen MR) is 30.5 cm³/mol. The molecule has 1 unspecified atom stereocenters. The summed E-state index contributed by atoms with van der Waals surface area (Å²) in [5, 5.41) is 8.84. The summed E-state index contributed by atoms with van der Waals surface area (Å²) in [5.41, 5.74) is 1.13. The monoisotopic (exact) mass is 128 g/mol. The molecule has 3 nitrogen and oxygen atoms in total. The summed E-state index contributed by atoms with van der Waals surface area (Å²) in [6, 6.07) is 0. The molecule has 0 fully saturated rings. The van der Waals surface area contributed by atoms with Gasteiger partial charge in [-0.05, 0) is 13.8 Å². The van der Waals surface area contributed by atoms with E-state index < -0.39 is 12.3 Å². The van der Waals surface area contributed by atoms with Crippen LogP contribution < -0.4 is 0 Å². The maximum Gasteiger partial charge on any atom is 0.336 e. The molecule has 3 heteroatoms. The molecule has 1 rings (SSSR count). The number of carbonyl (C=O) groups excluding carboxylic acids is 1. The van der Waals surface area contributed by atoms with Crippen molar-refractivity contribution in [2.75, 3.05) is 0 Å². The van der Waals surface area contributed by atoms with E-state index in [0.29, 0.717) is 11.1 Å². The van der Waals surface area contributed by atoms with Gasteiger partial charge in [0.1, 0.15) is 0 Å². The number of aliphatic hydroxyl groups excluding tert-OH is 1. The highest BCUT2D eigenvalue weighted by Crippen LogP contribution is 2.18. The molecule has 1 N–H and O–H groups in total. The molecule has 1 heterocycles. The fraction of sp³-hybridized carbons (Fsp3) is 0.500. The molecule has 1 aliphatic rings. The number of hydrogen-bond acceptors (Lipinski definition) is 3. The Bertz CT molecular complexity index is 181. The summed E-state index contributed by atoms with van der Waals surface area (Å²) in [5.74, 6) is -0.417. The number of rotatable bonds is 0. The number of cyclic esters (lactones) is 1. The van der Waals surface area contributed by atoms with Crippen molar-refractivity contribution in [2.45, 2.75) is 20.1 Å². The largest absolute Gasteiger partial charge is 0.428 e. The maximum atomic E-state index is 10.6. The Hall–Kier alpha value is -0.830. The van der Waals surface area contributed by atoms with Gasteiger partial charge in [-0.3, -0.25) is 0 Å². The lowest BCUT2D eigenvalue weighted by Gasteiger charge is -1.99. The van der Waals surface area contributed by atoms with Crippen molar-refractivity contribution in [3.05, 3.63) is 11.1 Å². The zero-order chi connectivity index (χ0) is 7.02. The van der Waals surface area contributed by atoms with Crippen LogP contribution in [0.3, 0.4) is 0 Å². The van der Waals surface area contributed by atoms with Crippen LogP contribution in [0.15, 0.2) is 11.1 Å². The summed E-state index contributed by atoms with van der Waals surface area (Å²) >= 11 is 0. The summed E-state index contributed by atoms with van der Waals surface area (Å²) in [6.45, 7) is 3.30. The molecule has 1 aliphatic heterocycles. The summed E-state index contributed by atoms with van der Waals surface area (Å²) < 4.78 is 4.43. The lowest BCUT2D eigenvalue weighted by Crippen LogP contribution is -2.07. The van der Waals surface area contributed by atoms with E-state index in [0.717, 1.165) is 0 Å². The highest BCUT2D eigenvalue weighted by molar-refractivity contribution is 5.91. The molecule has 0 aromatic rings. The first kappa shape index (κ1) is 6.29. The van der Waals surface area contributed by atoms with Crippen LogP contribution in [0.1, 0.15) is 13.8 Å². The predicted octanol–water partition coefficient (Wildman–Crippen LogP) is 0.198. The van der Waals surface area contributed by atoms with Crippen LogP contribution in [0.5, 0.6) is 0 Å². The Balaban J connectivity index is 2.92. The fourth-order valence-electron chi connectivity index (χ4n) is 0.624. The van der Waals surface area contributed by atoms with E-state index in [2.05, 4.69) is 4.74 Å². The minimum Gasteiger partial charge on any atom is -0.428 e. The second kappa shape index (κ2) is 1.84. The minimum absolute atomic E-state index is 0.417. The Morgan fingerprint density at radius 3 is 2.22 bits per heavy atom. The Labute approximate surface area is 52.9 Å². The molecule has 0 aromatic heterocycles. The van der Waals surface area contributed by atoms with Gasteiger partial charge >= 0.3 is 5.97 Å². The van der Waals surface area contributed by atoms with Gasteiger partial charge in [0.15, 0.2) is 0 Å². The van der Waals surface area contributed by atoms with Gasteiger partial charge in [0.05, 0.1) is 0 Å². The minimum atomic E-state index is -1.00. The molecule has 0 saturated carbocycles. The Kier molecular flexibility index (Phi) is 1.29. The standard InChI is InChI=1S/C6H8O3/c1-3-4(2)6(8)9-5(3)7/h5,7H,1-2H3. The zero-order valence-electron chi connectivity index (χ0n) is 5.34. The smallest absolute Gasteiger partial charge is 0.336 e. The zero-order valence-corrected chi connectivity index (χ0v) is 5.34. The van der Waals surface area contributed by atoms with Crippen molar-refractivity contribution in [3.63, 3.8) is 0 Å². The third kappa shape index (κ3) is 0.833. The van der Waals surface area contributed by atoms with Crippen LogP contribution in [0.25, 0.3) is 0 Å². The van der Waals surface area contributed by atoms with Gasteiger partial charge in [0.25, 0.3) is 0 Å². The van der Waals surface area contributed by atoms with Gasteiger partial charge in [0.2, 0.25) is 6.29 Å². The molecule has 0 radical (unpaired) electrons. The van der Waals surface area contributed by atoms with Crippen LogP contribution in [0.4, 0.5) is 0 Å². The summed E-state index contributed by atoms with van der Waals surface area (Å²) in [7, 11) is 0. The molecule has 0 spiro atoms. The fourth-order valence-corrected chi connectivity index (χ4v) is 0.624. The molecule has 0 amide bonds. The number of ether oxygens (including phenoxy) is 1. The van der Waals surface area contributed by atoms with Gasteiger partial charge in [-0.25, -0.2) is 4.79 Å². The molecule has 50 valence electrons. The molecular formula is C6H8O3. The van der Waals surface area contributed by atoms with Gasteiger partial charge in [-0.15, -0.1) is 0 Å². The third-order valence-electron chi connectivity index (χ3n) is 1.49. The molecular weight excluding hydrogens is 120 g/mol. The van der Waals surface area contributed by atoms with E-state index in [1.807, 2.05) is 0 Å². The average molecular weight is 128 g/mol. The van der Waals surface area contributed by atoms with Crippen molar-refractivity contribution in [2.24, 2.45) is 0 Å². The SMILES string of the molecule is CC1=C(C)C(O)OC1=O. The average Bonchev–Trinajstić information content (AvgIpc) is 1.98. The highest BCUT2D eigenvalue weighted by Gasteiger charge is 2.25. The second-order valence-electron chi connectivity index (χ2n) is 2.07. The van der Waals surface area contributed by atoms with E-state index in [9.17, 15) is 4.79 Å². The van der Waals surface area contributed by atoms with Crippen molar-refractivity contribution >= 4 is 5.97 Å². The first-order valence-corrected chi connectivity index (χ1v) is 2.69. The van der Waals surface area contributed by atoms with Crippen LogP contribution in [0, 0.1) is 0 Å². The normalized spacial score (nSPS) is 27.0. The second-order valence-corrected chi connectivity index (χ2v) is 2.07. The topological polar surface area (TPSA) is 46.5 Å². The van der Waals surface area contributed by atoms with Gasteiger partial charge in [-0.1, -0.05) is 0 Å². The third-order valence-corrected chi connectivity index (χ3v) is 1.49. The molecule has 0 aromatic carbocycles. The quantitative estimate of drug-likeness (QED) is 0.474. The van der Waals surface area contributed by atoms with Crippen molar-refractivity contribution < 1.29 is 14.6 Å². The lowest BCUT2D eigenvalue weighted by atomic mass is 10.2. The van der Waals surface area contributed by atoms with Crippen molar-refractivity contribution in [1.29, 1.82) is 0 Å². The first-order valence-electron chi connectivity index (χ1n) is 2.69. The van der Waals surface area contributed by atoms with Crippen LogP contribution >= 0.6 is 0 Å². The van der Waals surface area contributed by atoms with E-state index in [1.165, 1.54) is 0 Å². The van der Waals surface area contributed by atoms with Gasteiger partial charge in [-0.2, -0.15) is 0 Å². The number of carbonyl (C=O) groups is 1. The number of hydrogen-bond donors (Lipinski definition) is 1. The van der Waals surface area contributed by atoms with Crippen LogP contribution in [-0.2, 0) is 9.53 Å². The molecule has 0 bridgehead atoms. The molecule has 0 aliphatic carbocycles. The molecule has 1 atom stereocenters. The summed E-state index contributed by atoms with van der Waals surface area (Å²) in [4.78, 5) is 10.6. The van der Waals surface area contributed by atoms with E-state index in [1.54, 1.807) is 13.8 Å². The van der Waals surface area contributed by atoms with E-state index >= 15 is 0 Å². The maximum absolute atomic E-state index is 10.6. The summed E-state index contributed by atoms with van der Waals surface area (Å²) in [6.07, 6.45) is -1.00. The van der Waals surface area contributed by atoms with Crippen molar-refractivity contribution in [1.82, 2.24) is 0 Å². The number of esters is 1. The molecule has 0 saturated heterocycles. The highest BCUT2D eigenvalue weighted by atomic mass is 16.6. The van der Waals surface area contributed by atoms with Gasteiger partial charge < -0.3 is 9.84 Å². The van der Waals surface area contributed by atoms with E-state index in [-0.39, 0.29) is 0 Å². The lowest BCUT2D eigenvalue weighted by molar-refractivity contribution is -0.151. The Morgan fingerprint density at radius 1 is 1.56 bits per heavy atom. The van der Waals surface area contributed by atoms with Crippen LogP contribution in [-0.4, -0.2) is 17.4 Å². The van der Waals surface area contributed by atoms with Crippen LogP contribution in [0.2, 0.25) is 0 Å². The van der Waals surface area contributed by atoms with Gasteiger partial charge in [0, 0.05) is 11.1 Å². The van der Waals surface area contributed by atoms with E-state index in [4.69, 9.17) is 5.11 Å². The first-order chi connectivity index (χ1) is 4.13.